The van der Waals surface area contributed by atoms with Crippen LogP contribution in [0.2, 0.25) is 0 Å². The molecule has 0 bridgehead atoms. The Morgan fingerprint density at radius 1 is 1.08 bits per heavy atom. The van der Waals surface area contributed by atoms with Crippen molar-refractivity contribution in [3.8, 4) is 0 Å². The molecule has 7 unspecified atom stereocenters. The number of halogens is 3. The Morgan fingerprint density at radius 3 is 2.65 bits per heavy atom. The van der Waals surface area contributed by atoms with E-state index in [1.807, 2.05) is 0 Å². The fourth-order valence-corrected chi connectivity index (χ4v) is 6.20. The highest BCUT2D eigenvalue weighted by molar-refractivity contribution is 5.79. The minimum absolute atomic E-state index is 0.0135. The minimum Gasteiger partial charge on any atom is -0.356 e. The summed E-state index contributed by atoms with van der Waals surface area (Å²) in [4.78, 5) is 30.2. The number of carbonyl (C=O) groups excluding carboxylic acids is 2. The lowest BCUT2D eigenvalue weighted by atomic mass is 9.76. The molecule has 4 fully saturated rings. The van der Waals surface area contributed by atoms with Crippen molar-refractivity contribution in [2.75, 3.05) is 13.1 Å². The van der Waals surface area contributed by atoms with Gasteiger partial charge in [-0.05, 0) is 49.9 Å². The molecule has 2 amide bonds. The van der Waals surface area contributed by atoms with Gasteiger partial charge in [0.2, 0.25) is 11.8 Å². The van der Waals surface area contributed by atoms with Gasteiger partial charge in [-0.25, -0.2) is 5.43 Å². The van der Waals surface area contributed by atoms with Crippen molar-refractivity contribution in [3.63, 3.8) is 0 Å². The number of hydrogen-bond acceptors (Lipinski definition) is 7. The standard InChI is InChI=1S/C25H43F3N6O3/c1-24(2,14-30-22-17-8-3-4-9-18(17)23(36)33-32-22)13-29-19(35)10-11-20-31-21(34-37-20)15-6-5-7-16(12-15)25(26,27)28/h15-18,20-22,30-32,34H,3-14H2,1-2H3,(H,29,35)(H,33,36). The van der Waals surface area contributed by atoms with E-state index in [4.69, 9.17) is 4.84 Å². The Balaban J connectivity index is 1.13. The maximum atomic E-state index is 13.1. The number of hydrazine groups is 1. The van der Waals surface area contributed by atoms with Gasteiger partial charge in [-0.2, -0.15) is 18.7 Å². The number of carbonyl (C=O) groups is 2. The highest BCUT2D eigenvalue weighted by atomic mass is 19.4. The van der Waals surface area contributed by atoms with Crippen LogP contribution in [-0.2, 0) is 14.4 Å². The SMILES string of the molecule is CC(C)(CNC(=O)CCC1NC(C2CCCC(C(F)(F)F)C2)NO1)CNC1NNC(=O)C2CCCCC12. The van der Waals surface area contributed by atoms with Crippen molar-refractivity contribution in [1.29, 1.82) is 0 Å². The van der Waals surface area contributed by atoms with Crippen molar-refractivity contribution in [2.45, 2.75) is 103 Å². The Labute approximate surface area is 217 Å². The van der Waals surface area contributed by atoms with Gasteiger partial charge < -0.3 is 5.32 Å². The molecule has 2 saturated carbocycles. The van der Waals surface area contributed by atoms with Crippen LogP contribution in [0.4, 0.5) is 13.2 Å². The topological polar surface area (TPSA) is 116 Å². The molecule has 0 aromatic heterocycles. The van der Waals surface area contributed by atoms with Crippen molar-refractivity contribution >= 4 is 11.8 Å². The monoisotopic (exact) mass is 532 g/mol. The van der Waals surface area contributed by atoms with Gasteiger partial charge in [-0.15, -0.1) is 0 Å². The maximum Gasteiger partial charge on any atom is 0.391 e. The van der Waals surface area contributed by atoms with Crippen LogP contribution in [0.5, 0.6) is 0 Å². The first-order chi connectivity index (χ1) is 17.5. The zero-order valence-corrected chi connectivity index (χ0v) is 21.9. The van der Waals surface area contributed by atoms with Crippen molar-refractivity contribution in [3.05, 3.63) is 0 Å². The molecule has 12 heteroatoms. The van der Waals surface area contributed by atoms with Crippen LogP contribution in [0.15, 0.2) is 0 Å². The molecule has 2 heterocycles. The quantitative estimate of drug-likeness (QED) is 0.270. The lowest BCUT2D eigenvalue weighted by molar-refractivity contribution is -0.187. The Kier molecular flexibility index (Phi) is 9.37. The molecule has 0 aromatic carbocycles. The molecular weight excluding hydrogens is 489 g/mol. The predicted molar refractivity (Wildman–Crippen MR) is 131 cm³/mol. The van der Waals surface area contributed by atoms with E-state index in [9.17, 15) is 22.8 Å². The van der Waals surface area contributed by atoms with E-state index in [0.717, 1.165) is 32.1 Å². The third-order valence-corrected chi connectivity index (χ3v) is 8.49. The van der Waals surface area contributed by atoms with Gasteiger partial charge >= 0.3 is 6.18 Å². The van der Waals surface area contributed by atoms with E-state index in [1.165, 1.54) is 0 Å². The van der Waals surface area contributed by atoms with E-state index in [-0.39, 0.29) is 66.6 Å². The summed E-state index contributed by atoms with van der Waals surface area (Å²) in [7, 11) is 0. The number of amides is 2. The third kappa shape index (κ3) is 7.78. The van der Waals surface area contributed by atoms with E-state index >= 15 is 0 Å². The first-order valence-corrected chi connectivity index (χ1v) is 13.8. The van der Waals surface area contributed by atoms with Crippen LogP contribution in [-0.4, -0.2) is 49.6 Å². The minimum atomic E-state index is -4.15. The molecule has 212 valence electrons. The third-order valence-electron chi connectivity index (χ3n) is 8.49. The lowest BCUT2D eigenvalue weighted by Gasteiger charge is -2.42. The molecule has 9 nitrogen and oxygen atoms in total. The van der Waals surface area contributed by atoms with Gasteiger partial charge in [-0.1, -0.05) is 33.1 Å². The number of hydroxylamine groups is 1. The first kappa shape index (κ1) is 28.5. The van der Waals surface area contributed by atoms with Crippen LogP contribution in [0.1, 0.15) is 78.1 Å². The fraction of sp³-hybridized carbons (Fsp3) is 0.920. The molecular formula is C25H43F3N6O3. The number of rotatable bonds is 9. The Bertz CT molecular complexity index is 798. The summed E-state index contributed by atoms with van der Waals surface area (Å²) in [6.07, 6.45) is 1.56. The Hall–Kier alpha value is -1.47. The molecule has 4 rings (SSSR count). The fourth-order valence-electron chi connectivity index (χ4n) is 6.20. The van der Waals surface area contributed by atoms with Crippen LogP contribution in [0.25, 0.3) is 0 Å². The molecule has 6 N–H and O–H groups in total. The van der Waals surface area contributed by atoms with Crippen molar-refractivity contribution in [2.24, 2.45) is 29.1 Å². The molecule has 2 aliphatic heterocycles. The molecule has 0 aromatic rings. The summed E-state index contributed by atoms with van der Waals surface area (Å²) in [5, 5.41) is 9.76. The highest BCUT2D eigenvalue weighted by Crippen LogP contribution is 2.41. The first-order valence-electron chi connectivity index (χ1n) is 13.8. The number of nitrogens with one attached hydrogen (secondary N) is 6. The summed E-state index contributed by atoms with van der Waals surface area (Å²) >= 11 is 0. The molecule has 37 heavy (non-hydrogen) atoms. The molecule has 7 atom stereocenters. The average molecular weight is 533 g/mol. The van der Waals surface area contributed by atoms with Gasteiger partial charge in [0.15, 0.2) is 0 Å². The van der Waals surface area contributed by atoms with Gasteiger partial charge in [0.05, 0.1) is 18.2 Å². The van der Waals surface area contributed by atoms with Gasteiger partial charge in [0.1, 0.15) is 6.23 Å². The molecule has 0 spiro atoms. The lowest BCUT2D eigenvalue weighted by Crippen LogP contribution is -2.65. The van der Waals surface area contributed by atoms with E-state index in [2.05, 4.69) is 46.1 Å². The number of hydrogen-bond donors (Lipinski definition) is 6. The van der Waals surface area contributed by atoms with Gasteiger partial charge in [-0.3, -0.25) is 30.5 Å². The molecule has 2 aliphatic carbocycles. The second kappa shape index (κ2) is 12.1. The highest BCUT2D eigenvalue weighted by Gasteiger charge is 2.45. The van der Waals surface area contributed by atoms with Crippen molar-refractivity contribution in [1.82, 2.24) is 32.3 Å². The van der Waals surface area contributed by atoms with Crippen LogP contribution in [0.3, 0.4) is 0 Å². The zero-order chi connectivity index (χ0) is 26.6. The van der Waals surface area contributed by atoms with Crippen LogP contribution >= 0.6 is 0 Å². The summed E-state index contributed by atoms with van der Waals surface area (Å²) < 4.78 is 39.4. The van der Waals surface area contributed by atoms with Gasteiger partial charge in [0.25, 0.3) is 0 Å². The molecule has 4 aliphatic rings. The summed E-state index contributed by atoms with van der Waals surface area (Å²) in [5.41, 5.74) is 8.56. The zero-order valence-electron chi connectivity index (χ0n) is 21.9. The summed E-state index contributed by atoms with van der Waals surface area (Å²) in [6.45, 7) is 5.32. The Morgan fingerprint density at radius 2 is 1.86 bits per heavy atom. The van der Waals surface area contributed by atoms with Gasteiger partial charge in [0, 0.05) is 31.3 Å². The van der Waals surface area contributed by atoms with E-state index < -0.39 is 18.3 Å². The summed E-state index contributed by atoms with van der Waals surface area (Å²) in [6, 6.07) is 0. The second-order valence-corrected chi connectivity index (χ2v) is 12.1. The number of fused-ring (bicyclic) bond motifs is 1. The van der Waals surface area contributed by atoms with Crippen molar-refractivity contribution < 1.29 is 27.6 Å². The normalized spacial score (nSPS) is 35.1. The maximum absolute atomic E-state index is 13.1. The van der Waals surface area contributed by atoms with Crippen LogP contribution < -0.4 is 32.3 Å². The summed E-state index contributed by atoms with van der Waals surface area (Å²) in [5.74, 6) is -1.08. The number of alkyl halides is 3. The van der Waals surface area contributed by atoms with E-state index in [1.54, 1.807) is 0 Å². The molecule has 2 saturated heterocycles. The van der Waals surface area contributed by atoms with E-state index in [0.29, 0.717) is 25.9 Å². The predicted octanol–water partition coefficient (Wildman–Crippen LogP) is 2.41. The second-order valence-electron chi connectivity index (χ2n) is 12.1. The largest absolute Gasteiger partial charge is 0.391 e. The van der Waals surface area contributed by atoms with Crippen LogP contribution in [0, 0.1) is 29.1 Å². The molecule has 0 radical (unpaired) electrons. The average Bonchev–Trinajstić information content (AvgIpc) is 3.35. The smallest absolute Gasteiger partial charge is 0.356 e.